The summed E-state index contributed by atoms with van der Waals surface area (Å²) in [5.74, 6) is 1.34. The van der Waals surface area contributed by atoms with Crippen LogP contribution in [0.1, 0.15) is 59.9 Å². The van der Waals surface area contributed by atoms with Gasteiger partial charge in [0.2, 0.25) is 5.91 Å². The van der Waals surface area contributed by atoms with Gasteiger partial charge < -0.3 is 14.5 Å². The number of aryl methyl sites for hydroxylation is 1. The third kappa shape index (κ3) is 4.93. The second kappa shape index (κ2) is 9.46. The van der Waals surface area contributed by atoms with Gasteiger partial charge in [-0.1, -0.05) is 11.6 Å². The molecule has 4 rings (SSSR count). The highest BCUT2D eigenvalue weighted by Crippen LogP contribution is 2.61. The minimum Gasteiger partial charge on any atom is -0.494 e. The fraction of sp³-hybridized carbons (Fsp3) is 0.600. The Morgan fingerprint density at radius 1 is 1.26 bits per heavy atom. The summed E-state index contributed by atoms with van der Waals surface area (Å²) in [6.07, 6.45) is 4.28. The minimum absolute atomic E-state index is 0.122. The molecule has 1 saturated heterocycles. The number of rotatable bonds is 7. The molecule has 34 heavy (non-hydrogen) atoms. The van der Waals surface area contributed by atoms with Gasteiger partial charge >= 0.3 is 0 Å². The lowest BCUT2D eigenvalue weighted by molar-refractivity contribution is -0.138. The first-order valence-corrected chi connectivity index (χ1v) is 13.0. The lowest BCUT2D eigenvalue weighted by Crippen LogP contribution is -2.47. The average Bonchev–Trinajstić information content (AvgIpc) is 3.24. The van der Waals surface area contributed by atoms with Crippen LogP contribution >= 0.6 is 22.9 Å². The summed E-state index contributed by atoms with van der Waals surface area (Å²) >= 11 is 7.78. The van der Waals surface area contributed by atoms with E-state index in [1.54, 1.807) is 32.3 Å². The smallest absolute Gasteiger partial charge is 0.254 e. The van der Waals surface area contributed by atoms with Gasteiger partial charge in [-0.05, 0) is 76.0 Å². The van der Waals surface area contributed by atoms with Crippen molar-refractivity contribution in [3.63, 3.8) is 0 Å². The fourth-order valence-electron chi connectivity index (χ4n) is 4.96. The van der Waals surface area contributed by atoms with Gasteiger partial charge in [0.25, 0.3) is 5.91 Å². The topological polar surface area (TPSA) is 75.6 Å². The van der Waals surface area contributed by atoms with Crippen molar-refractivity contribution in [1.82, 2.24) is 20.0 Å². The number of halogens is 1. The third-order valence-electron chi connectivity index (χ3n) is 7.31. The Kier molecular flexibility index (Phi) is 6.93. The summed E-state index contributed by atoms with van der Waals surface area (Å²) in [6.45, 7) is 8.04. The number of likely N-dealkylation sites (tertiary alicyclic amines) is 1. The standard InChI is InChI=1S/C25H33ClN4O3S/c1-16-27-28-22(34-16)24(2,3)23(32)30-11-9-25(10-12-30)15-17(25)8-13-33-18-6-7-19(20(26)14-18)21(31)29(4)5/h6-7,14,17H,8-13,15H2,1-5H3. The molecule has 2 aliphatic rings. The van der Waals surface area contributed by atoms with E-state index in [1.165, 1.54) is 22.7 Å². The van der Waals surface area contributed by atoms with Crippen molar-refractivity contribution in [3.8, 4) is 5.75 Å². The van der Waals surface area contributed by atoms with Gasteiger partial charge in [-0.15, -0.1) is 21.5 Å². The maximum atomic E-state index is 13.2. The van der Waals surface area contributed by atoms with Crippen molar-refractivity contribution in [2.24, 2.45) is 11.3 Å². The summed E-state index contributed by atoms with van der Waals surface area (Å²) in [6, 6.07) is 5.23. The van der Waals surface area contributed by atoms with Crippen molar-refractivity contribution in [2.45, 2.75) is 51.9 Å². The Bertz CT molecular complexity index is 1080. The number of ether oxygens (including phenoxy) is 1. The van der Waals surface area contributed by atoms with Gasteiger partial charge in [0.1, 0.15) is 15.8 Å². The number of nitrogens with zero attached hydrogens (tertiary/aromatic N) is 4. The zero-order valence-electron chi connectivity index (χ0n) is 20.6. The van der Waals surface area contributed by atoms with Gasteiger partial charge in [-0.2, -0.15) is 0 Å². The first-order valence-electron chi connectivity index (χ1n) is 11.8. The molecular formula is C25H33ClN4O3S. The van der Waals surface area contributed by atoms with E-state index in [2.05, 4.69) is 10.2 Å². The Morgan fingerprint density at radius 3 is 2.56 bits per heavy atom. The molecule has 1 unspecified atom stereocenters. The van der Waals surface area contributed by atoms with Crippen molar-refractivity contribution < 1.29 is 14.3 Å². The van der Waals surface area contributed by atoms with E-state index in [4.69, 9.17) is 16.3 Å². The van der Waals surface area contributed by atoms with Gasteiger partial charge in [-0.25, -0.2) is 0 Å². The Labute approximate surface area is 210 Å². The molecule has 2 fully saturated rings. The zero-order valence-corrected chi connectivity index (χ0v) is 22.1. The Balaban J connectivity index is 1.24. The highest BCUT2D eigenvalue weighted by molar-refractivity contribution is 7.11. The van der Waals surface area contributed by atoms with Crippen LogP contribution in [0.5, 0.6) is 5.75 Å². The molecule has 1 atom stereocenters. The number of aromatic nitrogens is 2. The summed E-state index contributed by atoms with van der Waals surface area (Å²) < 4.78 is 5.94. The summed E-state index contributed by atoms with van der Waals surface area (Å²) in [5.41, 5.74) is 0.190. The molecule has 1 spiro atoms. The second-order valence-corrected chi connectivity index (χ2v) is 11.9. The van der Waals surface area contributed by atoms with Crippen LogP contribution in [0.15, 0.2) is 18.2 Å². The van der Waals surface area contributed by atoms with Crippen LogP contribution in [0.4, 0.5) is 0 Å². The van der Waals surface area contributed by atoms with E-state index in [9.17, 15) is 9.59 Å². The number of hydrogen-bond donors (Lipinski definition) is 0. The lowest BCUT2D eigenvalue weighted by atomic mass is 9.87. The summed E-state index contributed by atoms with van der Waals surface area (Å²) in [5, 5.41) is 10.4. The van der Waals surface area contributed by atoms with E-state index < -0.39 is 5.41 Å². The van der Waals surface area contributed by atoms with E-state index in [-0.39, 0.29) is 11.8 Å². The SMILES string of the molecule is Cc1nnc(C(C)(C)C(=O)N2CCC3(CC2)CC3CCOc2ccc(C(=O)N(C)C)c(Cl)c2)s1. The van der Waals surface area contributed by atoms with Crippen LogP contribution in [0.3, 0.4) is 0 Å². The number of carbonyl (C=O) groups is 2. The van der Waals surface area contributed by atoms with Crippen molar-refractivity contribution >= 4 is 34.8 Å². The highest BCUT2D eigenvalue weighted by atomic mass is 35.5. The molecule has 0 N–H and O–H groups in total. The predicted octanol–water partition coefficient (Wildman–Crippen LogP) is 4.58. The summed E-state index contributed by atoms with van der Waals surface area (Å²) in [7, 11) is 3.41. The largest absolute Gasteiger partial charge is 0.494 e. The number of piperidine rings is 1. The molecular weight excluding hydrogens is 472 g/mol. The van der Waals surface area contributed by atoms with Crippen LogP contribution in [-0.4, -0.2) is 65.6 Å². The van der Waals surface area contributed by atoms with E-state index in [0.29, 0.717) is 34.3 Å². The monoisotopic (exact) mass is 504 g/mol. The average molecular weight is 505 g/mol. The van der Waals surface area contributed by atoms with Crippen molar-refractivity contribution in [1.29, 1.82) is 0 Å². The van der Waals surface area contributed by atoms with Crippen LogP contribution in [0.2, 0.25) is 5.02 Å². The van der Waals surface area contributed by atoms with Crippen LogP contribution < -0.4 is 4.74 Å². The molecule has 1 aliphatic carbocycles. The van der Waals surface area contributed by atoms with Crippen LogP contribution in [0, 0.1) is 18.3 Å². The molecule has 1 aliphatic heterocycles. The molecule has 0 radical (unpaired) electrons. The van der Waals surface area contributed by atoms with Crippen molar-refractivity contribution in [3.05, 3.63) is 38.8 Å². The van der Waals surface area contributed by atoms with E-state index in [0.717, 1.165) is 42.4 Å². The fourth-order valence-corrected chi connectivity index (χ4v) is 6.00. The van der Waals surface area contributed by atoms with Gasteiger partial charge in [0.15, 0.2) is 0 Å². The Morgan fingerprint density at radius 2 is 1.97 bits per heavy atom. The molecule has 1 aromatic heterocycles. The molecule has 1 aromatic carbocycles. The zero-order chi connectivity index (χ0) is 24.7. The normalized spacial score (nSPS) is 19.2. The first kappa shape index (κ1) is 24.9. The van der Waals surface area contributed by atoms with Crippen LogP contribution in [-0.2, 0) is 10.2 Å². The quantitative estimate of drug-likeness (QED) is 0.551. The number of carbonyl (C=O) groups excluding carboxylic acids is 2. The van der Waals surface area contributed by atoms with Gasteiger partial charge in [0, 0.05) is 27.2 Å². The maximum absolute atomic E-state index is 13.2. The van der Waals surface area contributed by atoms with E-state index in [1.807, 2.05) is 25.7 Å². The van der Waals surface area contributed by atoms with Gasteiger partial charge in [-0.3, -0.25) is 9.59 Å². The number of benzene rings is 1. The molecule has 2 amide bonds. The van der Waals surface area contributed by atoms with Gasteiger partial charge in [0.05, 0.1) is 22.6 Å². The highest BCUT2D eigenvalue weighted by Gasteiger charge is 2.55. The maximum Gasteiger partial charge on any atom is 0.254 e. The summed E-state index contributed by atoms with van der Waals surface area (Å²) in [4.78, 5) is 28.8. The van der Waals surface area contributed by atoms with E-state index >= 15 is 0 Å². The molecule has 1 saturated carbocycles. The van der Waals surface area contributed by atoms with Crippen molar-refractivity contribution in [2.75, 3.05) is 33.8 Å². The third-order valence-corrected chi connectivity index (χ3v) is 8.79. The molecule has 9 heteroatoms. The predicted molar refractivity (Wildman–Crippen MR) is 134 cm³/mol. The molecule has 184 valence electrons. The molecule has 2 heterocycles. The Hall–Kier alpha value is -2.19. The molecule has 7 nitrogen and oxygen atoms in total. The number of amides is 2. The number of hydrogen-bond acceptors (Lipinski definition) is 6. The first-order chi connectivity index (χ1) is 16.0. The van der Waals surface area contributed by atoms with Crippen LogP contribution in [0.25, 0.3) is 0 Å². The minimum atomic E-state index is -0.638. The second-order valence-electron chi connectivity index (χ2n) is 10.3. The molecule has 2 aromatic rings. The lowest BCUT2D eigenvalue weighted by Gasteiger charge is -2.37. The molecule has 0 bridgehead atoms.